The molecule has 0 aliphatic carbocycles. The molecule has 1 aromatic heterocycles. The van der Waals surface area contributed by atoms with E-state index in [4.69, 9.17) is 5.73 Å². The molecule has 0 bridgehead atoms. The maximum atomic E-state index is 11.1. The van der Waals surface area contributed by atoms with E-state index in [1.807, 2.05) is 0 Å². The Morgan fingerprint density at radius 2 is 2.23 bits per heavy atom. The highest BCUT2D eigenvalue weighted by molar-refractivity contribution is 5.96. The molecule has 0 saturated carbocycles. The lowest BCUT2D eigenvalue weighted by Crippen LogP contribution is -2.20. The Kier molecular flexibility index (Phi) is 2.32. The first-order chi connectivity index (χ1) is 6.06. The monoisotopic (exact) mass is 181 g/mol. The Morgan fingerprint density at radius 3 is 2.62 bits per heavy atom. The molecule has 0 aromatic carbocycles. The fraction of sp³-hybridized carbons (Fsp3) is 0.286. The van der Waals surface area contributed by atoms with E-state index in [-0.39, 0.29) is 17.3 Å². The number of carbonyl (C=O) groups is 2. The lowest BCUT2D eigenvalue weighted by molar-refractivity contribution is 0.0952. The van der Waals surface area contributed by atoms with Crippen LogP contribution in [0.4, 0.5) is 0 Å². The molecule has 0 unspecified atom stereocenters. The molecule has 0 aliphatic heterocycles. The van der Waals surface area contributed by atoms with E-state index in [2.05, 4.69) is 16.5 Å². The molecule has 6 nitrogen and oxygen atoms in total. The zero-order valence-electron chi connectivity index (χ0n) is 7.29. The predicted octanol–water partition coefficient (Wildman–Crippen LogP) is -1.32. The molecule has 0 saturated heterocycles. The Morgan fingerprint density at radius 1 is 1.62 bits per heavy atom. The van der Waals surface area contributed by atoms with E-state index < -0.39 is 5.91 Å². The van der Waals surface area contributed by atoms with Crippen LogP contribution in [0.1, 0.15) is 21.0 Å². The van der Waals surface area contributed by atoms with Gasteiger partial charge in [-0.3, -0.25) is 14.3 Å². The van der Waals surface area contributed by atoms with E-state index in [1.165, 1.54) is 18.8 Å². The van der Waals surface area contributed by atoms with Gasteiger partial charge in [0.2, 0.25) is 0 Å². The lowest BCUT2D eigenvalue weighted by atomic mass is 10.3. The Balaban J connectivity index is 3.10. The molecule has 1 radical (unpaired) electrons. The summed E-state index contributed by atoms with van der Waals surface area (Å²) in [5, 5.41) is 6.10. The van der Waals surface area contributed by atoms with Crippen molar-refractivity contribution in [2.75, 3.05) is 7.05 Å². The van der Waals surface area contributed by atoms with Crippen LogP contribution in [0.3, 0.4) is 0 Å². The summed E-state index contributed by atoms with van der Waals surface area (Å²) in [6.07, 6.45) is 0. The van der Waals surface area contributed by atoms with Gasteiger partial charge in [-0.15, -0.1) is 0 Å². The van der Waals surface area contributed by atoms with Gasteiger partial charge in [0, 0.05) is 14.1 Å². The van der Waals surface area contributed by atoms with Gasteiger partial charge in [-0.25, -0.2) is 0 Å². The summed E-state index contributed by atoms with van der Waals surface area (Å²) in [6.45, 7) is 0. The number of nitrogens with two attached hydrogens (primary N) is 1. The summed E-state index contributed by atoms with van der Waals surface area (Å²) in [7, 11) is 3.01. The van der Waals surface area contributed by atoms with Gasteiger partial charge in [-0.05, 0) is 0 Å². The van der Waals surface area contributed by atoms with Crippen LogP contribution < -0.4 is 11.1 Å². The number of rotatable bonds is 2. The molecule has 13 heavy (non-hydrogen) atoms. The second kappa shape index (κ2) is 3.26. The third-order valence-corrected chi connectivity index (χ3v) is 1.49. The largest absolute Gasteiger partial charge is 0.364 e. The first kappa shape index (κ1) is 9.24. The average molecular weight is 181 g/mol. The van der Waals surface area contributed by atoms with E-state index >= 15 is 0 Å². The molecule has 0 spiro atoms. The Bertz CT molecular complexity index is 355. The highest BCUT2D eigenvalue weighted by Crippen LogP contribution is 2.00. The highest BCUT2D eigenvalue weighted by atomic mass is 16.2. The van der Waals surface area contributed by atoms with Crippen LogP contribution in [-0.2, 0) is 7.05 Å². The van der Waals surface area contributed by atoms with Crippen molar-refractivity contribution < 1.29 is 9.59 Å². The fourth-order valence-electron chi connectivity index (χ4n) is 0.851. The van der Waals surface area contributed by atoms with E-state index in [1.54, 1.807) is 0 Å². The number of aryl methyl sites for hydroxylation is 1. The number of primary amides is 1. The van der Waals surface area contributed by atoms with Crippen LogP contribution >= 0.6 is 0 Å². The topological polar surface area (TPSA) is 90.0 Å². The molecule has 3 N–H and O–H groups in total. The number of carbonyl (C=O) groups excluding carboxylic acids is 2. The summed E-state index contributed by atoms with van der Waals surface area (Å²) in [6, 6.07) is 2.50. The molecule has 0 fully saturated rings. The summed E-state index contributed by atoms with van der Waals surface area (Å²) >= 11 is 0. The molecule has 69 valence electrons. The number of hydrogen-bond acceptors (Lipinski definition) is 3. The molecule has 0 aliphatic rings. The van der Waals surface area contributed by atoms with Gasteiger partial charge in [-0.1, -0.05) is 0 Å². The molecule has 0 atom stereocenters. The minimum atomic E-state index is -0.703. The fourth-order valence-corrected chi connectivity index (χ4v) is 0.851. The summed E-state index contributed by atoms with van der Waals surface area (Å²) in [5.74, 6) is -1.06. The quantitative estimate of drug-likeness (QED) is 0.592. The van der Waals surface area contributed by atoms with Crippen molar-refractivity contribution in [3.63, 3.8) is 0 Å². The zero-order chi connectivity index (χ0) is 10.0. The van der Waals surface area contributed by atoms with Crippen LogP contribution in [0, 0.1) is 6.07 Å². The van der Waals surface area contributed by atoms with E-state index in [0.29, 0.717) is 0 Å². The van der Waals surface area contributed by atoms with Crippen LogP contribution in [0.15, 0.2) is 0 Å². The van der Waals surface area contributed by atoms with E-state index in [0.717, 1.165) is 0 Å². The Labute approximate surface area is 74.7 Å². The summed E-state index contributed by atoms with van der Waals surface area (Å²) in [4.78, 5) is 21.8. The minimum Gasteiger partial charge on any atom is -0.364 e. The van der Waals surface area contributed by atoms with Crippen molar-refractivity contribution in [3.8, 4) is 0 Å². The molecule has 1 aromatic rings. The van der Waals surface area contributed by atoms with Crippen molar-refractivity contribution in [1.29, 1.82) is 0 Å². The smallest absolute Gasteiger partial charge is 0.269 e. The Hall–Kier alpha value is -1.85. The second-order valence-corrected chi connectivity index (χ2v) is 2.39. The number of amides is 2. The van der Waals surface area contributed by atoms with Crippen molar-refractivity contribution in [3.05, 3.63) is 17.5 Å². The first-order valence-electron chi connectivity index (χ1n) is 3.54. The average Bonchev–Trinajstić information content (AvgIpc) is 2.46. The maximum absolute atomic E-state index is 11.1. The van der Waals surface area contributed by atoms with Gasteiger partial charge >= 0.3 is 0 Å². The number of aromatic nitrogens is 2. The van der Waals surface area contributed by atoms with Crippen LogP contribution in [0.25, 0.3) is 0 Å². The van der Waals surface area contributed by atoms with Gasteiger partial charge in [0.15, 0.2) is 5.69 Å². The molecule has 1 rings (SSSR count). The highest BCUT2D eigenvalue weighted by Gasteiger charge is 2.14. The van der Waals surface area contributed by atoms with Gasteiger partial charge < -0.3 is 11.1 Å². The molecule has 1 heterocycles. The van der Waals surface area contributed by atoms with Gasteiger partial charge in [0.25, 0.3) is 11.8 Å². The SMILES string of the molecule is CNC(=O)c1[c]c(C(N)=O)nn1C. The van der Waals surface area contributed by atoms with Crippen molar-refractivity contribution in [2.45, 2.75) is 0 Å². The van der Waals surface area contributed by atoms with Crippen molar-refractivity contribution in [2.24, 2.45) is 12.8 Å². The van der Waals surface area contributed by atoms with Crippen LogP contribution in [0.5, 0.6) is 0 Å². The molecule has 6 heteroatoms. The molecular formula is C7H9N4O2. The maximum Gasteiger partial charge on any atom is 0.269 e. The normalized spacial score (nSPS) is 9.69. The minimum absolute atomic E-state index is 0.0406. The van der Waals surface area contributed by atoms with Crippen LogP contribution in [0.2, 0.25) is 0 Å². The third-order valence-electron chi connectivity index (χ3n) is 1.49. The second-order valence-electron chi connectivity index (χ2n) is 2.39. The van der Waals surface area contributed by atoms with Gasteiger partial charge in [0.05, 0.1) is 6.07 Å². The summed E-state index contributed by atoms with van der Waals surface area (Å²) < 4.78 is 1.25. The first-order valence-corrected chi connectivity index (χ1v) is 3.54. The van der Waals surface area contributed by atoms with Crippen molar-refractivity contribution in [1.82, 2.24) is 15.1 Å². The zero-order valence-corrected chi connectivity index (χ0v) is 7.29. The van der Waals surface area contributed by atoms with Gasteiger partial charge in [-0.2, -0.15) is 5.10 Å². The number of hydrogen-bond donors (Lipinski definition) is 2. The van der Waals surface area contributed by atoms with Crippen LogP contribution in [-0.4, -0.2) is 28.6 Å². The lowest BCUT2D eigenvalue weighted by Gasteiger charge is -1.96. The van der Waals surface area contributed by atoms with Gasteiger partial charge in [0.1, 0.15) is 5.69 Å². The van der Waals surface area contributed by atoms with E-state index in [9.17, 15) is 9.59 Å². The summed E-state index contributed by atoms with van der Waals surface area (Å²) in [5.41, 5.74) is 5.10. The van der Waals surface area contributed by atoms with Crippen molar-refractivity contribution >= 4 is 11.8 Å². The predicted molar refractivity (Wildman–Crippen MR) is 44.0 cm³/mol. The number of nitrogens with zero attached hydrogens (tertiary/aromatic N) is 2. The number of nitrogens with one attached hydrogen (secondary N) is 1. The molecular weight excluding hydrogens is 172 g/mol. The third kappa shape index (κ3) is 1.66. The molecule has 2 amide bonds. The standard InChI is InChI=1S/C7H9N4O2/c1-9-7(13)5-3-4(6(8)12)10-11(5)2/h1-2H3,(H2,8,12)(H,9,13).